The van der Waals surface area contributed by atoms with Gasteiger partial charge in [0.2, 0.25) is 0 Å². The molecule has 0 spiro atoms. The van der Waals surface area contributed by atoms with Gasteiger partial charge in [-0.25, -0.2) is 13.9 Å². The SMILES string of the molecule is O=C(NO)C1(S(=O)(=O)c2ccc(-c3ccccc3CO)cc2)CCOCC1. The largest absolute Gasteiger partial charge is 0.392 e. The van der Waals surface area contributed by atoms with E-state index in [-0.39, 0.29) is 37.6 Å². The Labute approximate surface area is 157 Å². The van der Waals surface area contributed by atoms with E-state index in [1.165, 1.54) is 17.6 Å². The molecule has 0 unspecified atom stereocenters. The topological polar surface area (TPSA) is 113 Å². The number of hydrogen-bond donors (Lipinski definition) is 3. The number of carbonyl (C=O) groups is 1. The lowest BCUT2D eigenvalue weighted by Gasteiger charge is -2.34. The van der Waals surface area contributed by atoms with E-state index in [4.69, 9.17) is 9.94 Å². The summed E-state index contributed by atoms with van der Waals surface area (Å²) >= 11 is 0. The molecule has 27 heavy (non-hydrogen) atoms. The summed E-state index contributed by atoms with van der Waals surface area (Å²) in [5.41, 5.74) is 3.79. The number of hydroxylamine groups is 1. The molecule has 0 aromatic heterocycles. The fourth-order valence-electron chi connectivity index (χ4n) is 3.40. The van der Waals surface area contributed by atoms with E-state index in [0.717, 1.165) is 16.7 Å². The monoisotopic (exact) mass is 391 g/mol. The molecule has 3 N–H and O–H groups in total. The standard InChI is InChI=1S/C19H21NO6S/c21-13-15-3-1-2-4-17(15)14-5-7-16(8-6-14)27(24,25)19(18(22)20-23)9-11-26-12-10-19/h1-8,21,23H,9-13H2,(H,20,22). The van der Waals surface area contributed by atoms with Gasteiger partial charge in [0.1, 0.15) is 0 Å². The predicted molar refractivity (Wildman–Crippen MR) is 97.7 cm³/mol. The maximum absolute atomic E-state index is 13.2. The zero-order valence-corrected chi connectivity index (χ0v) is 15.4. The number of sulfone groups is 1. The Morgan fingerprint density at radius 1 is 1.07 bits per heavy atom. The number of carbonyl (C=O) groups excluding carboxylic acids is 1. The molecule has 1 fully saturated rings. The van der Waals surface area contributed by atoms with Crippen LogP contribution in [0.5, 0.6) is 0 Å². The number of aliphatic hydroxyl groups is 1. The number of ether oxygens (including phenoxy) is 1. The van der Waals surface area contributed by atoms with Crippen molar-refractivity contribution < 1.29 is 28.3 Å². The molecule has 1 amide bonds. The Balaban J connectivity index is 2.01. The Hall–Kier alpha value is -2.26. The van der Waals surface area contributed by atoms with Crippen LogP contribution < -0.4 is 5.48 Å². The fraction of sp³-hybridized carbons (Fsp3) is 0.316. The van der Waals surface area contributed by atoms with Crippen LogP contribution in [0, 0.1) is 0 Å². The molecule has 8 heteroatoms. The molecule has 1 saturated heterocycles. The van der Waals surface area contributed by atoms with E-state index in [1.807, 2.05) is 18.2 Å². The molecule has 2 aromatic carbocycles. The summed E-state index contributed by atoms with van der Waals surface area (Å²) < 4.78 is 29.9. The van der Waals surface area contributed by atoms with Crippen LogP contribution in [0.3, 0.4) is 0 Å². The second kappa shape index (κ2) is 7.77. The van der Waals surface area contributed by atoms with Crippen LogP contribution in [0.1, 0.15) is 18.4 Å². The van der Waals surface area contributed by atoms with E-state index in [2.05, 4.69) is 0 Å². The van der Waals surface area contributed by atoms with Gasteiger partial charge in [-0.3, -0.25) is 10.0 Å². The molecule has 3 rings (SSSR count). The van der Waals surface area contributed by atoms with Crippen LogP contribution in [-0.2, 0) is 26.0 Å². The van der Waals surface area contributed by atoms with Crippen molar-refractivity contribution in [3.8, 4) is 11.1 Å². The molecule has 1 aliphatic heterocycles. The van der Waals surface area contributed by atoms with Crippen LogP contribution in [0.15, 0.2) is 53.4 Å². The smallest absolute Gasteiger partial charge is 0.265 e. The third kappa shape index (κ3) is 3.37. The summed E-state index contributed by atoms with van der Waals surface area (Å²) in [6.07, 6.45) is -0.0619. The average molecular weight is 391 g/mol. The zero-order valence-electron chi connectivity index (χ0n) is 14.6. The van der Waals surface area contributed by atoms with E-state index in [9.17, 15) is 18.3 Å². The highest BCUT2D eigenvalue weighted by Gasteiger charge is 2.52. The molecule has 0 bridgehead atoms. The van der Waals surface area contributed by atoms with Gasteiger partial charge in [0.25, 0.3) is 5.91 Å². The Morgan fingerprint density at radius 2 is 1.70 bits per heavy atom. The number of benzene rings is 2. The highest BCUT2D eigenvalue weighted by Crippen LogP contribution is 2.36. The quantitative estimate of drug-likeness (QED) is 0.528. The molecule has 0 aliphatic carbocycles. The van der Waals surface area contributed by atoms with Gasteiger partial charge in [-0.2, -0.15) is 0 Å². The van der Waals surface area contributed by atoms with Crippen molar-refractivity contribution in [3.05, 3.63) is 54.1 Å². The second-order valence-electron chi connectivity index (χ2n) is 6.39. The maximum Gasteiger partial charge on any atom is 0.265 e. The third-order valence-electron chi connectivity index (χ3n) is 4.99. The van der Waals surface area contributed by atoms with E-state index in [1.54, 1.807) is 18.2 Å². The Morgan fingerprint density at radius 3 is 2.30 bits per heavy atom. The number of nitrogens with one attached hydrogen (secondary N) is 1. The number of rotatable bonds is 5. The molecule has 0 saturated carbocycles. The van der Waals surface area contributed by atoms with Gasteiger partial charge in [-0.15, -0.1) is 0 Å². The Bertz CT molecular complexity index is 917. The van der Waals surface area contributed by atoms with Gasteiger partial charge < -0.3 is 9.84 Å². The number of aliphatic hydroxyl groups excluding tert-OH is 1. The lowest BCUT2D eigenvalue weighted by atomic mass is 9.98. The molecule has 7 nitrogen and oxygen atoms in total. The van der Waals surface area contributed by atoms with Crippen molar-refractivity contribution >= 4 is 15.7 Å². The summed E-state index contributed by atoms with van der Waals surface area (Å²) in [4.78, 5) is 12.3. The molecular weight excluding hydrogens is 370 g/mol. The lowest BCUT2D eigenvalue weighted by Crippen LogP contribution is -2.54. The van der Waals surface area contributed by atoms with Crippen LogP contribution in [0.4, 0.5) is 0 Å². The van der Waals surface area contributed by atoms with Crippen molar-refractivity contribution in [2.45, 2.75) is 29.1 Å². The van der Waals surface area contributed by atoms with Gasteiger partial charge in [-0.1, -0.05) is 36.4 Å². The summed E-state index contributed by atoms with van der Waals surface area (Å²) in [7, 11) is -4.05. The van der Waals surface area contributed by atoms with E-state index >= 15 is 0 Å². The molecule has 0 atom stereocenters. The molecule has 2 aromatic rings. The highest BCUT2D eigenvalue weighted by molar-refractivity contribution is 7.93. The Kier molecular flexibility index (Phi) is 5.61. The van der Waals surface area contributed by atoms with E-state index in [0.29, 0.717) is 0 Å². The predicted octanol–water partition coefficient (Wildman–Crippen LogP) is 1.67. The molecule has 144 valence electrons. The first kappa shape index (κ1) is 19.5. The third-order valence-corrected chi connectivity index (χ3v) is 7.51. The van der Waals surface area contributed by atoms with Gasteiger partial charge in [0.15, 0.2) is 14.6 Å². The summed E-state index contributed by atoms with van der Waals surface area (Å²) in [5, 5.41) is 18.6. The minimum Gasteiger partial charge on any atom is -0.392 e. The van der Waals surface area contributed by atoms with Crippen molar-refractivity contribution in [3.63, 3.8) is 0 Å². The number of hydrogen-bond acceptors (Lipinski definition) is 6. The first-order chi connectivity index (χ1) is 13.0. The lowest BCUT2D eigenvalue weighted by molar-refractivity contribution is -0.134. The van der Waals surface area contributed by atoms with Crippen molar-refractivity contribution in [2.24, 2.45) is 0 Å². The molecule has 0 radical (unpaired) electrons. The van der Waals surface area contributed by atoms with Crippen molar-refractivity contribution in [2.75, 3.05) is 13.2 Å². The van der Waals surface area contributed by atoms with Crippen molar-refractivity contribution in [1.82, 2.24) is 5.48 Å². The molecule has 1 aliphatic rings. The first-order valence-corrected chi connectivity index (χ1v) is 10.0. The normalized spacial score (nSPS) is 16.7. The average Bonchev–Trinajstić information content (AvgIpc) is 2.73. The first-order valence-electron chi connectivity index (χ1n) is 8.52. The zero-order chi connectivity index (χ0) is 19.5. The van der Waals surface area contributed by atoms with Gasteiger partial charge in [0.05, 0.1) is 11.5 Å². The molecular formula is C19H21NO6S. The minimum atomic E-state index is -4.05. The van der Waals surface area contributed by atoms with Crippen molar-refractivity contribution in [1.29, 1.82) is 0 Å². The summed E-state index contributed by atoms with van der Waals surface area (Å²) in [6.45, 7) is 0.110. The minimum absolute atomic E-state index is 0.00164. The number of amides is 1. The fourth-order valence-corrected chi connectivity index (χ4v) is 5.34. The summed E-state index contributed by atoms with van der Waals surface area (Å²) in [5.74, 6) is -0.944. The van der Waals surface area contributed by atoms with E-state index < -0.39 is 20.5 Å². The summed E-state index contributed by atoms with van der Waals surface area (Å²) in [6, 6.07) is 13.5. The van der Waals surface area contributed by atoms with Crippen LogP contribution >= 0.6 is 0 Å². The maximum atomic E-state index is 13.2. The second-order valence-corrected chi connectivity index (χ2v) is 8.65. The van der Waals surface area contributed by atoms with Crippen LogP contribution in [-0.4, -0.2) is 42.6 Å². The molecule has 1 heterocycles. The van der Waals surface area contributed by atoms with Crippen LogP contribution in [0.25, 0.3) is 11.1 Å². The van der Waals surface area contributed by atoms with Gasteiger partial charge >= 0.3 is 0 Å². The highest BCUT2D eigenvalue weighted by atomic mass is 32.2. The van der Waals surface area contributed by atoms with Crippen LogP contribution in [0.2, 0.25) is 0 Å². The van der Waals surface area contributed by atoms with Gasteiger partial charge in [-0.05, 0) is 41.7 Å². The van der Waals surface area contributed by atoms with Gasteiger partial charge in [0, 0.05) is 13.2 Å².